The Morgan fingerprint density at radius 2 is 1.90 bits per heavy atom. The smallest absolute Gasteiger partial charge is 0.299 e. The summed E-state index contributed by atoms with van der Waals surface area (Å²) in [5, 5.41) is 0. The van der Waals surface area contributed by atoms with Gasteiger partial charge in [-0.25, -0.2) is 0 Å². The summed E-state index contributed by atoms with van der Waals surface area (Å²) in [7, 11) is 0. The summed E-state index contributed by atoms with van der Waals surface area (Å²) >= 11 is 0. The van der Waals surface area contributed by atoms with Crippen LogP contribution in [-0.2, 0) is 17.4 Å². The van der Waals surface area contributed by atoms with Gasteiger partial charge in [0.2, 0.25) is 0 Å². The number of Topliss-reactive ketones (excluding diaryl/α,β-unsaturated/α-hetero) is 1. The van der Waals surface area contributed by atoms with E-state index in [1.165, 1.54) is 6.07 Å². The Labute approximate surface area is 117 Å². The topological polar surface area (TPSA) is 17.1 Å². The first-order valence-electron chi connectivity index (χ1n) is 7.07. The minimum Gasteiger partial charge on any atom is -0.299 e. The van der Waals surface area contributed by atoms with Crippen LogP contribution < -0.4 is 0 Å². The molecule has 20 heavy (non-hydrogen) atoms. The Morgan fingerprint density at radius 3 is 2.45 bits per heavy atom. The molecule has 1 saturated carbocycles. The normalized spacial score (nSPS) is 18.2. The number of hydrogen-bond donors (Lipinski definition) is 0. The van der Waals surface area contributed by atoms with E-state index in [0.717, 1.165) is 44.2 Å². The molecule has 0 bridgehead atoms. The van der Waals surface area contributed by atoms with Crippen molar-refractivity contribution in [3.8, 4) is 0 Å². The predicted octanol–water partition coefficient (Wildman–Crippen LogP) is 4.79. The first kappa shape index (κ1) is 15.1. The van der Waals surface area contributed by atoms with Crippen molar-refractivity contribution in [2.45, 2.75) is 51.6 Å². The van der Waals surface area contributed by atoms with E-state index in [9.17, 15) is 18.0 Å². The van der Waals surface area contributed by atoms with Gasteiger partial charge in [-0.05, 0) is 30.9 Å². The number of carbonyl (C=O) groups excluding carboxylic acids is 1. The van der Waals surface area contributed by atoms with E-state index in [2.05, 4.69) is 0 Å². The summed E-state index contributed by atoms with van der Waals surface area (Å²) in [4.78, 5) is 12.4. The van der Waals surface area contributed by atoms with Crippen molar-refractivity contribution in [2.75, 3.05) is 0 Å². The largest absolute Gasteiger partial charge is 0.416 e. The van der Waals surface area contributed by atoms with Crippen LogP contribution >= 0.6 is 0 Å². The molecule has 0 spiro atoms. The van der Waals surface area contributed by atoms with E-state index < -0.39 is 11.7 Å². The third-order valence-electron chi connectivity index (χ3n) is 4.45. The minimum absolute atomic E-state index is 0.0943. The maximum Gasteiger partial charge on any atom is 0.416 e. The highest BCUT2D eigenvalue weighted by atomic mass is 19.4. The molecule has 110 valence electrons. The second kappa shape index (κ2) is 5.58. The Bertz CT molecular complexity index is 485. The lowest BCUT2D eigenvalue weighted by atomic mass is 9.77. The number of halogens is 3. The SMILES string of the molecule is CCC1(C(=O)Cc2cccc(C(F)(F)F)c2)CCCC1. The van der Waals surface area contributed by atoms with Crippen molar-refractivity contribution in [1.29, 1.82) is 0 Å². The third kappa shape index (κ3) is 3.05. The Balaban J connectivity index is 2.16. The van der Waals surface area contributed by atoms with Crippen LogP contribution in [-0.4, -0.2) is 5.78 Å². The van der Waals surface area contributed by atoms with E-state index in [1.807, 2.05) is 6.92 Å². The molecule has 0 amide bonds. The highest BCUT2D eigenvalue weighted by Crippen LogP contribution is 2.42. The van der Waals surface area contributed by atoms with Gasteiger partial charge in [0.15, 0.2) is 0 Å². The van der Waals surface area contributed by atoms with Crippen molar-refractivity contribution in [3.05, 3.63) is 35.4 Å². The molecule has 2 rings (SSSR count). The molecule has 0 N–H and O–H groups in total. The molecule has 4 heteroatoms. The fourth-order valence-electron chi connectivity index (χ4n) is 3.11. The average Bonchev–Trinajstić information content (AvgIpc) is 2.88. The van der Waals surface area contributed by atoms with Gasteiger partial charge in [0.25, 0.3) is 0 Å². The van der Waals surface area contributed by atoms with Crippen molar-refractivity contribution >= 4 is 5.78 Å². The monoisotopic (exact) mass is 284 g/mol. The number of ketones is 1. The Hall–Kier alpha value is -1.32. The van der Waals surface area contributed by atoms with Gasteiger partial charge >= 0.3 is 6.18 Å². The van der Waals surface area contributed by atoms with Crippen LogP contribution in [0.1, 0.15) is 50.2 Å². The van der Waals surface area contributed by atoms with Crippen molar-refractivity contribution in [3.63, 3.8) is 0 Å². The van der Waals surface area contributed by atoms with Crippen LogP contribution in [0.3, 0.4) is 0 Å². The standard InChI is InChI=1S/C16H19F3O/c1-2-15(8-3-4-9-15)14(20)11-12-6-5-7-13(10-12)16(17,18)19/h5-7,10H,2-4,8-9,11H2,1H3. The van der Waals surface area contributed by atoms with E-state index in [4.69, 9.17) is 0 Å². The van der Waals surface area contributed by atoms with E-state index in [-0.39, 0.29) is 17.6 Å². The fraction of sp³-hybridized carbons (Fsp3) is 0.562. The molecule has 0 aliphatic heterocycles. The molecule has 0 unspecified atom stereocenters. The van der Waals surface area contributed by atoms with Gasteiger partial charge in [0, 0.05) is 11.8 Å². The lowest BCUT2D eigenvalue weighted by Crippen LogP contribution is -2.28. The molecular formula is C16H19F3O. The van der Waals surface area contributed by atoms with Crippen LogP contribution in [0.15, 0.2) is 24.3 Å². The molecule has 0 radical (unpaired) electrons. The molecule has 0 aromatic heterocycles. The number of hydrogen-bond acceptors (Lipinski definition) is 1. The molecule has 1 nitrogen and oxygen atoms in total. The zero-order valence-electron chi connectivity index (χ0n) is 11.6. The van der Waals surface area contributed by atoms with Crippen molar-refractivity contribution < 1.29 is 18.0 Å². The summed E-state index contributed by atoms with van der Waals surface area (Å²) in [6, 6.07) is 5.11. The molecule has 1 fully saturated rings. The Morgan fingerprint density at radius 1 is 1.25 bits per heavy atom. The predicted molar refractivity (Wildman–Crippen MR) is 71.3 cm³/mol. The summed E-state index contributed by atoms with van der Waals surface area (Å²) in [6.45, 7) is 2.00. The van der Waals surface area contributed by atoms with Crippen molar-refractivity contribution in [2.24, 2.45) is 5.41 Å². The summed E-state index contributed by atoms with van der Waals surface area (Å²) < 4.78 is 38.0. The van der Waals surface area contributed by atoms with Crippen LogP contribution in [0.5, 0.6) is 0 Å². The molecular weight excluding hydrogens is 265 g/mol. The second-order valence-corrected chi connectivity index (χ2v) is 5.64. The highest BCUT2D eigenvalue weighted by Gasteiger charge is 2.38. The van der Waals surface area contributed by atoms with E-state index in [1.54, 1.807) is 6.07 Å². The van der Waals surface area contributed by atoms with Gasteiger partial charge in [0.1, 0.15) is 5.78 Å². The molecule has 0 atom stereocenters. The molecule has 1 aliphatic rings. The number of carbonyl (C=O) groups is 1. The zero-order chi connectivity index (χ0) is 14.8. The Kier molecular flexibility index (Phi) is 4.21. The van der Waals surface area contributed by atoms with Crippen molar-refractivity contribution in [1.82, 2.24) is 0 Å². The van der Waals surface area contributed by atoms with Gasteiger partial charge in [0.05, 0.1) is 5.56 Å². The van der Waals surface area contributed by atoms with Gasteiger partial charge < -0.3 is 0 Å². The van der Waals surface area contributed by atoms with Gasteiger partial charge in [-0.2, -0.15) is 13.2 Å². The molecule has 1 aliphatic carbocycles. The summed E-state index contributed by atoms with van der Waals surface area (Å²) in [5.74, 6) is 0.0943. The van der Waals surface area contributed by atoms with Gasteiger partial charge in [-0.1, -0.05) is 38.0 Å². The highest BCUT2D eigenvalue weighted by molar-refractivity contribution is 5.87. The maximum atomic E-state index is 12.7. The van der Waals surface area contributed by atoms with Crippen LogP contribution in [0, 0.1) is 5.41 Å². The zero-order valence-corrected chi connectivity index (χ0v) is 11.6. The molecule has 0 heterocycles. The molecule has 1 aromatic carbocycles. The first-order valence-corrected chi connectivity index (χ1v) is 7.07. The van der Waals surface area contributed by atoms with E-state index >= 15 is 0 Å². The maximum absolute atomic E-state index is 12.7. The summed E-state index contributed by atoms with van der Waals surface area (Å²) in [5.41, 5.74) is -0.516. The fourth-order valence-corrected chi connectivity index (χ4v) is 3.11. The lowest BCUT2D eigenvalue weighted by molar-refractivity contribution is -0.137. The third-order valence-corrected chi connectivity index (χ3v) is 4.45. The van der Waals surface area contributed by atoms with Crippen LogP contribution in [0.25, 0.3) is 0 Å². The first-order chi connectivity index (χ1) is 9.37. The lowest BCUT2D eigenvalue weighted by Gasteiger charge is -2.25. The van der Waals surface area contributed by atoms with Gasteiger partial charge in [-0.15, -0.1) is 0 Å². The second-order valence-electron chi connectivity index (χ2n) is 5.64. The molecule has 0 saturated heterocycles. The number of rotatable bonds is 4. The minimum atomic E-state index is -4.35. The number of alkyl halides is 3. The average molecular weight is 284 g/mol. The van der Waals surface area contributed by atoms with Gasteiger partial charge in [-0.3, -0.25) is 4.79 Å². The van der Waals surface area contributed by atoms with Crippen LogP contribution in [0.2, 0.25) is 0 Å². The number of benzene rings is 1. The van der Waals surface area contributed by atoms with Crippen LogP contribution in [0.4, 0.5) is 13.2 Å². The van der Waals surface area contributed by atoms with E-state index in [0.29, 0.717) is 5.56 Å². The quantitative estimate of drug-likeness (QED) is 0.777. The molecule has 1 aromatic rings. The summed E-state index contributed by atoms with van der Waals surface area (Å²) in [6.07, 6.45) is 0.379.